The first-order valence-corrected chi connectivity index (χ1v) is 8.07. The molecule has 2 nitrogen and oxygen atoms in total. The van der Waals surface area contributed by atoms with Crippen LogP contribution in [0.3, 0.4) is 0 Å². The normalized spacial score (nSPS) is 16.1. The van der Waals surface area contributed by atoms with Gasteiger partial charge in [-0.15, -0.1) is 0 Å². The van der Waals surface area contributed by atoms with E-state index in [0.29, 0.717) is 6.04 Å². The summed E-state index contributed by atoms with van der Waals surface area (Å²) in [5.41, 5.74) is 7.99. The van der Waals surface area contributed by atoms with Crippen LogP contribution in [0, 0.1) is 0 Å². The number of benzene rings is 1. The maximum atomic E-state index is 6.95. The van der Waals surface area contributed by atoms with Crippen molar-refractivity contribution in [3.63, 3.8) is 0 Å². The third kappa shape index (κ3) is 4.32. The molecule has 0 saturated carbocycles. The Hall–Kier alpha value is -0.860. The van der Waals surface area contributed by atoms with E-state index in [2.05, 4.69) is 63.2 Å². The smallest absolute Gasteiger partial charge is 0.0567 e. The van der Waals surface area contributed by atoms with Crippen LogP contribution in [0.1, 0.15) is 57.9 Å². The molecule has 0 heterocycles. The molecule has 1 aromatic rings. The first-order valence-electron chi connectivity index (χ1n) is 8.07. The Labute approximate surface area is 125 Å². The average molecular weight is 276 g/mol. The van der Waals surface area contributed by atoms with Crippen LogP contribution in [0.5, 0.6) is 0 Å². The summed E-state index contributed by atoms with van der Waals surface area (Å²) in [6, 6.07) is 11.1. The second-order valence-electron chi connectivity index (χ2n) is 6.13. The molecule has 0 spiro atoms. The largest absolute Gasteiger partial charge is 0.320 e. The van der Waals surface area contributed by atoms with E-state index in [1.54, 1.807) is 0 Å². The molecule has 0 aliphatic carbocycles. The fourth-order valence-corrected chi connectivity index (χ4v) is 3.10. The van der Waals surface area contributed by atoms with Crippen LogP contribution in [0.2, 0.25) is 0 Å². The molecule has 1 aromatic carbocycles. The number of hydrogen-bond acceptors (Lipinski definition) is 2. The molecule has 0 saturated heterocycles. The molecular formula is C18H32N2. The van der Waals surface area contributed by atoms with E-state index >= 15 is 0 Å². The Morgan fingerprint density at radius 2 is 1.65 bits per heavy atom. The van der Waals surface area contributed by atoms with Gasteiger partial charge in [-0.25, -0.2) is 0 Å². The molecule has 0 aliphatic heterocycles. The average Bonchev–Trinajstić information content (AvgIpc) is 2.46. The van der Waals surface area contributed by atoms with Gasteiger partial charge >= 0.3 is 0 Å². The van der Waals surface area contributed by atoms with Gasteiger partial charge in [0.15, 0.2) is 0 Å². The van der Waals surface area contributed by atoms with Crippen LogP contribution in [-0.4, -0.2) is 25.0 Å². The van der Waals surface area contributed by atoms with Gasteiger partial charge in [-0.1, -0.05) is 69.9 Å². The van der Waals surface area contributed by atoms with Gasteiger partial charge in [0.05, 0.1) is 5.54 Å². The monoisotopic (exact) mass is 276 g/mol. The zero-order chi connectivity index (χ0) is 15.0. The molecule has 2 N–H and O–H groups in total. The number of likely N-dealkylation sites (N-methyl/N-ethyl adjacent to an activating group) is 1. The van der Waals surface area contributed by atoms with Crippen molar-refractivity contribution in [2.45, 2.75) is 64.0 Å². The third-order valence-corrected chi connectivity index (χ3v) is 4.30. The van der Waals surface area contributed by atoms with Crippen molar-refractivity contribution in [2.24, 2.45) is 5.73 Å². The quantitative estimate of drug-likeness (QED) is 0.734. The summed E-state index contributed by atoms with van der Waals surface area (Å²) in [4.78, 5) is 2.32. The van der Waals surface area contributed by atoms with E-state index in [1.807, 2.05) is 0 Å². The maximum absolute atomic E-state index is 6.95. The van der Waals surface area contributed by atoms with Gasteiger partial charge in [-0.3, -0.25) is 0 Å². The van der Waals surface area contributed by atoms with E-state index in [1.165, 1.54) is 37.7 Å². The van der Waals surface area contributed by atoms with Gasteiger partial charge in [0.25, 0.3) is 0 Å². The molecule has 0 fully saturated rings. The van der Waals surface area contributed by atoms with Crippen LogP contribution in [0.4, 0.5) is 0 Å². The number of nitrogens with zero attached hydrogens (tertiary/aromatic N) is 1. The zero-order valence-electron chi connectivity index (χ0n) is 13.7. The molecule has 2 unspecified atom stereocenters. The van der Waals surface area contributed by atoms with Crippen molar-refractivity contribution < 1.29 is 0 Å². The molecule has 0 radical (unpaired) electrons. The molecule has 0 aromatic heterocycles. The highest BCUT2D eigenvalue weighted by Gasteiger charge is 2.36. The van der Waals surface area contributed by atoms with E-state index in [0.717, 1.165) is 6.42 Å². The van der Waals surface area contributed by atoms with Crippen LogP contribution in [-0.2, 0) is 5.54 Å². The lowest BCUT2D eigenvalue weighted by Gasteiger charge is -2.42. The first kappa shape index (κ1) is 17.2. The maximum Gasteiger partial charge on any atom is 0.0567 e. The van der Waals surface area contributed by atoms with Crippen molar-refractivity contribution >= 4 is 0 Å². The number of nitrogens with two attached hydrogens (primary N) is 1. The fraction of sp³-hybridized carbons (Fsp3) is 0.667. The van der Waals surface area contributed by atoms with Crippen molar-refractivity contribution in [1.82, 2.24) is 4.90 Å². The predicted octanol–water partition coefficient (Wildman–Crippen LogP) is 4.15. The summed E-state index contributed by atoms with van der Waals surface area (Å²) in [6.07, 6.45) is 7.06. The van der Waals surface area contributed by atoms with Crippen molar-refractivity contribution in [1.29, 1.82) is 0 Å². The van der Waals surface area contributed by atoms with Gasteiger partial charge < -0.3 is 10.6 Å². The van der Waals surface area contributed by atoms with E-state index in [4.69, 9.17) is 5.73 Å². The lowest BCUT2D eigenvalue weighted by Crippen LogP contribution is -2.54. The third-order valence-electron chi connectivity index (χ3n) is 4.30. The molecule has 1 rings (SSSR count). The van der Waals surface area contributed by atoms with Crippen LogP contribution in [0.15, 0.2) is 30.3 Å². The van der Waals surface area contributed by atoms with E-state index in [-0.39, 0.29) is 5.54 Å². The van der Waals surface area contributed by atoms with E-state index in [9.17, 15) is 0 Å². The Kier molecular flexibility index (Phi) is 7.25. The minimum Gasteiger partial charge on any atom is -0.320 e. The molecule has 2 heteroatoms. The Balaban J connectivity index is 3.06. The fourth-order valence-electron chi connectivity index (χ4n) is 3.10. The topological polar surface area (TPSA) is 29.3 Å². The molecule has 0 aliphatic rings. The Morgan fingerprint density at radius 3 is 2.15 bits per heavy atom. The molecule has 20 heavy (non-hydrogen) atoms. The van der Waals surface area contributed by atoms with Gasteiger partial charge in [0, 0.05) is 6.04 Å². The SMILES string of the molecule is CCCCC(N(C)C)C(N)(CCCC)c1ccccc1. The minimum atomic E-state index is -0.240. The highest BCUT2D eigenvalue weighted by Crippen LogP contribution is 2.33. The Bertz CT molecular complexity index is 361. The zero-order valence-corrected chi connectivity index (χ0v) is 13.7. The molecule has 0 bridgehead atoms. The number of hydrogen-bond donors (Lipinski definition) is 1. The van der Waals surface area contributed by atoms with E-state index < -0.39 is 0 Å². The second kappa shape index (κ2) is 8.43. The predicted molar refractivity (Wildman–Crippen MR) is 88.8 cm³/mol. The highest BCUT2D eigenvalue weighted by molar-refractivity contribution is 5.26. The summed E-state index contributed by atoms with van der Waals surface area (Å²) < 4.78 is 0. The molecule has 0 amide bonds. The second-order valence-corrected chi connectivity index (χ2v) is 6.13. The van der Waals surface area contributed by atoms with Gasteiger partial charge in [-0.2, -0.15) is 0 Å². The summed E-state index contributed by atoms with van der Waals surface area (Å²) >= 11 is 0. The van der Waals surface area contributed by atoms with Crippen molar-refractivity contribution in [3.8, 4) is 0 Å². The van der Waals surface area contributed by atoms with Crippen molar-refractivity contribution in [2.75, 3.05) is 14.1 Å². The Morgan fingerprint density at radius 1 is 1.05 bits per heavy atom. The summed E-state index contributed by atoms with van der Waals surface area (Å²) in [6.45, 7) is 4.49. The van der Waals surface area contributed by atoms with Crippen LogP contribution < -0.4 is 5.73 Å². The van der Waals surface area contributed by atoms with Crippen LogP contribution in [0.25, 0.3) is 0 Å². The lowest BCUT2D eigenvalue weighted by molar-refractivity contribution is 0.150. The highest BCUT2D eigenvalue weighted by atomic mass is 15.1. The molecular weight excluding hydrogens is 244 g/mol. The van der Waals surface area contributed by atoms with Gasteiger partial charge in [-0.05, 0) is 32.5 Å². The molecule has 114 valence electrons. The minimum absolute atomic E-state index is 0.240. The van der Waals surface area contributed by atoms with Gasteiger partial charge in [0.2, 0.25) is 0 Å². The number of rotatable bonds is 9. The van der Waals surface area contributed by atoms with Crippen LogP contribution >= 0.6 is 0 Å². The standard InChI is InChI=1S/C18H32N2/c1-5-7-14-17(20(3)4)18(19,15-8-6-2)16-12-10-9-11-13-16/h9-13,17H,5-8,14-15,19H2,1-4H3. The summed E-state index contributed by atoms with van der Waals surface area (Å²) in [5, 5.41) is 0. The number of unbranched alkanes of at least 4 members (excludes halogenated alkanes) is 2. The summed E-state index contributed by atoms with van der Waals surface area (Å²) in [7, 11) is 4.33. The lowest BCUT2D eigenvalue weighted by atomic mass is 9.77. The summed E-state index contributed by atoms with van der Waals surface area (Å²) in [5.74, 6) is 0. The first-order chi connectivity index (χ1) is 9.56. The van der Waals surface area contributed by atoms with Gasteiger partial charge in [0.1, 0.15) is 0 Å². The van der Waals surface area contributed by atoms with Crippen molar-refractivity contribution in [3.05, 3.63) is 35.9 Å². The molecule has 2 atom stereocenters.